The Bertz CT molecular complexity index is 872. The third-order valence-corrected chi connectivity index (χ3v) is 5.66. The SMILES string of the molecule is CC(C(=O)O)N(c1ccc(Cl)cc1Cl)S(=O)(=O)c1ccc(F)cc1. The van der Waals surface area contributed by atoms with Crippen molar-refractivity contribution in [1.82, 2.24) is 0 Å². The van der Waals surface area contributed by atoms with Gasteiger partial charge in [0.15, 0.2) is 0 Å². The van der Waals surface area contributed by atoms with Crippen LogP contribution in [0.5, 0.6) is 0 Å². The predicted molar refractivity (Wildman–Crippen MR) is 89.6 cm³/mol. The van der Waals surface area contributed by atoms with Crippen LogP contribution in [0, 0.1) is 5.82 Å². The van der Waals surface area contributed by atoms with Crippen LogP contribution in [0.3, 0.4) is 0 Å². The third-order valence-electron chi connectivity index (χ3n) is 3.23. The molecule has 2 rings (SSSR count). The van der Waals surface area contributed by atoms with Crippen LogP contribution in [0.25, 0.3) is 0 Å². The number of sulfonamides is 1. The van der Waals surface area contributed by atoms with Crippen LogP contribution < -0.4 is 4.31 Å². The zero-order valence-electron chi connectivity index (χ0n) is 12.3. The highest BCUT2D eigenvalue weighted by atomic mass is 35.5. The molecule has 0 aliphatic carbocycles. The van der Waals surface area contributed by atoms with Gasteiger partial charge >= 0.3 is 5.97 Å². The summed E-state index contributed by atoms with van der Waals surface area (Å²) in [6.45, 7) is 1.20. The maximum absolute atomic E-state index is 13.1. The number of carboxylic acid groups (broad SMARTS) is 1. The summed E-state index contributed by atoms with van der Waals surface area (Å²) in [5.41, 5.74) is -0.0414. The summed E-state index contributed by atoms with van der Waals surface area (Å²) >= 11 is 11.9. The van der Waals surface area contributed by atoms with E-state index in [4.69, 9.17) is 23.2 Å². The average Bonchev–Trinajstić information content (AvgIpc) is 2.49. The lowest BCUT2D eigenvalue weighted by molar-refractivity contribution is -0.137. The molecule has 0 radical (unpaired) electrons. The zero-order valence-corrected chi connectivity index (χ0v) is 14.6. The molecule has 0 saturated carbocycles. The first kappa shape index (κ1) is 18.5. The van der Waals surface area contributed by atoms with Crippen LogP contribution in [0.2, 0.25) is 10.0 Å². The molecule has 1 N–H and O–H groups in total. The molecule has 24 heavy (non-hydrogen) atoms. The van der Waals surface area contributed by atoms with Gasteiger partial charge in [0.25, 0.3) is 10.0 Å². The second-order valence-corrected chi connectivity index (χ2v) is 7.52. The lowest BCUT2D eigenvalue weighted by atomic mass is 10.2. The largest absolute Gasteiger partial charge is 0.480 e. The van der Waals surface area contributed by atoms with Crippen molar-refractivity contribution >= 4 is 44.9 Å². The van der Waals surface area contributed by atoms with Gasteiger partial charge in [-0.2, -0.15) is 0 Å². The number of aliphatic carboxylic acids is 1. The van der Waals surface area contributed by atoms with Crippen LogP contribution in [-0.2, 0) is 14.8 Å². The summed E-state index contributed by atoms with van der Waals surface area (Å²) in [6, 6.07) is 6.61. The van der Waals surface area contributed by atoms with E-state index < -0.39 is 27.9 Å². The highest BCUT2D eigenvalue weighted by Gasteiger charge is 2.34. The summed E-state index contributed by atoms with van der Waals surface area (Å²) in [7, 11) is -4.29. The molecule has 0 bridgehead atoms. The number of carboxylic acids is 1. The molecule has 0 aliphatic rings. The number of rotatable bonds is 5. The molecule has 0 spiro atoms. The van der Waals surface area contributed by atoms with E-state index >= 15 is 0 Å². The first-order valence-electron chi connectivity index (χ1n) is 6.62. The van der Waals surface area contributed by atoms with E-state index in [0.29, 0.717) is 4.31 Å². The van der Waals surface area contributed by atoms with Crippen molar-refractivity contribution in [2.24, 2.45) is 0 Å². The highest BCUT2D eigenvalue weighted by molar-refractivity contribution is 7.93. The van der Waals surface area contributed by atoms with Crippen LogP contribution in [0.1, 0.15) is 6.92 Å². The molecule has 9 heteroatoms. The molecule has 2 aromatic rings. The van der Waals surface area contributed by atoms with E-state index in [9.17, 15) is 22.7 Å². The van der Waals surface area contributed by atoms with E-state index in [-0.39, 0.29) is 20.6 Å². The second-order valence-electron chi connectivity index (χ2n) is 4.86. The summed E-state index contributed by atoms with van der Waals surface area (Å²) < 4.78 is 39.5. The van der Waals surface area contributed by atoms with Gasteiger partial charge < -0.3 is 5.11 Å². The van der Waals surface area contributed by atoms with Crippen molar-refractivity contribution in [2.45, 2.75) is 17.9 Å². The van der Waals surface area contributed by atoms with Gasteiger partial charge in [-0.1, -0.05) is 23.2 Å². The fourth-order valence-corrected chi connectivity index (χ4v) is 4.21. The lowest BCUT2D eigenvalue weighted by Crippen LogP contribution is -2.43. The molecule has 0 aromatic heterocycles. The van der Waals surface area contributed by atoms with E-state index in [0.717, 1.165) is 24.3 Å². The van der Waals surface area contributed by atoms with Gasteiger partial charge in [-0.3, -0.25) is 4.31 Å². The predicted octanol–water partition coefficient (Wildman–Crippen LogP) is 3.80. The van der Waals surface area contributed by atoms with Gasteiger partial charge in [-0.15, -0.1) is 0 Å². The molecule has 0 aliphatic heterocycles. The Kier molecular flexibility index (Phi) is 5.37. The van der Waals surface area contributed by atoms with Crippen LogP contribution in [0.4, 0.5) is 10.1 Å². The van der Waals surface area contributed by atoms with Gasteiger partial charge in [-0.05, 0) is 49.4 Å². The molecule has 2 aromatic carbocycles. The Balaban J connectivity index is 2.66. The van der Waals surface area contributed by atoms with E-state index in [1.807, 2.05) is 0 Å². The highest BCUT2D eigenvalue weighted by Crippen LogP contribution is 2.34. The van der Waals surface area contributed by atoms with Gasteiger partial charge in [-0.25, -0.2) is 17.6 Å². The molecule has 0 amide bonds. The number of hydrogen-bond acceptors (Lipinski definition) is 3. The maximum Gasteiger partial charge on any atom is 0.327 e. The zero-order chi connectivity index (χ0) is 18.1. The number of hydrogen-bond donors (Lipinski definition) is 1. The molecule has 0 fully saturated rings. The molecular formula is C15H12Cl2FNO4S. The topological polar surface area (TPSA) is 74.7 Å². The van der Waals surface area contributed by atoms with Gasteiger partial charge in [0.2, 0.25) is 0 Å². The van der Waals surface area contributed by atoms with E-state index in [1.54, 1.807) is 0 Å². The van der Waals surface area contributed by atoms with Crippen molar-refractivity contribution in [2.75, 3.05) is 4.31 Å². The molecule has 1 atom stereocenters. The minimum Gasteiger partial charge on any atom is -0.480 e. The van der Waals surface area contributed by atoms with Crippen molar-refractivity contribution in [3.05, 3.63) is 58.3 Å². The second kappa shape index (κ2) is 6.96. The molecule has 0 saturated heterocycles. The summed E-state index contributed by atoms with van der Waals surface area (Å²) in [4.78, 5) is 11.1. The fraction of sp³-hybridized carbons (Fsp3) is 0.133. The van der Waals surface area contributed by atoms with E-state index in [1.165, 1.54) is 25.1 Å². The summed E-state index contributed by atoms with van der Waals surface area (Å²) in [5, 5.41) is 9.52. The van der Waals surface area contributed by atoms with Crippen LogP contribution in [0.15, 0.2) is 47.4 Å². The smallest absolute Gasteiger partial charge is 0.327 e. The summed E-state index contributed by atoms with van der Waals surface area (Å²) in [6.07, 6.45) is 0. The quantitative estimate of drug-likeness (QED) is 0.840. The van der Waals surface area contributed by atoms with Crippen molar-refractivity contribution in [3.8, 4) is 0 Å². The summed E-state index contributed by atoms with van der Waals surface area (Å²) in [5.74, 6) is -1.98. The Morgan fingerprint density at radius 1 is 1.17 bits per heavy atom. The first-order chi connectivity index (χ1) is 11.1. The van der Waals surface area contributed by atoms with Crippen LogP contribution >= 0.6 is 23.2 Å². The number of halogens is 3. The minimum absolute atomic E-state index is 0.0266. The van der Waals surface area contributed by atoms with Gasteiger partial charge in [0.1, 0.15) is 11.9 Å². The number of carbonyl (C=O) groups is 1. The Morgan fingerprint density at radius 3 is 2.25 bits per heavy atom. The fourth-order valence-electron chi connectivity index (χ4n) is 2.03. The van der Waals surface area contributed by atoms with E-state index in [2.05, 4.69) is 0 Å². The average molecular weight is 392 g/mol. The molecule has 128 valence electrons. The molecule has 1 unspecified atom stereocenters. The van der Waals surface area contributed by atoms with Gasteiger partial charge in [0, 0.05) is 5.02 Å². The Hall–Kier alpha value is -1.83. The molecular weight excluding hydrogens is 380 g/mol. The lowest BCUT2D eigenvalue weighted by Gasteiger charge is -2.28. The number of nitrogens with zero attached hydrogens (tertiary/aromatic N) is 1. The van der Waals surface area contributed by atoms with Crippen LogP contribution in [-0.4, -0.2) is 25.5 Å². The number of anilines is 1. The minimum atomic E-state index is -4.29. The van der Waals surface area contributed by atoms with Crippen molar-refractivity contribution < 1.29 is 22.7 Å². The third kappa shape index (κ3) is 3.63. The Labute approximate surface area is 148 Å². The Morgan fingerprint density at radius 2 is 1.75 bits per heavy atom. The normalized spacial score (nSPS) is 12.7. The van der Waals surface area contributed by atoms with Gasteiger partial charge in [0.05, 0.1) is 15.6 Å². The van der Waals surface area contributed by atoms with Crippen molar-refractivity contribution in [3.63, 3.8) is 0 Å². The standard InChI is InChI=1S/C15H12Cl2FNO4S/c1-9(15(20)21)19(14-7-2-10(16)8-13(14)17)24(22,23)12-5-3-11(18)4-6-12/h2-9H,1H3,(H,20,21). The number of benzene rings is 2. The molecule has 5 nitrogen and oxygen atoms in total. The monoisotopic (exact) mass is 391 g/mol. The molecule has 0 heterocycles. The van der Waals surface area contributed by atoms with Crippen molar-refractivity contribution in [1.29, 1.82) is 0 Å². The maximum atomic E-state index is 13.1. The first-order valence-corrected chi connectivity index (χ1v) is 8.82.